The summed E-state index contributed by atoms with van der Waals surface area (Å²) in [5, 5.41) is 7.57. The lowest BCUT2D eigenvalue weighted by atomic mass is 9.70. The molecule has 2 aliphatic rings. The minimum absolute atomic E-state index is 0.0636. The third kappa shape index (κ3) is 3.47. The molecule has 0 bridgehead atoms. The first kappa shape index (κ1) is 15.8. The number of halogens is 1. The van der Waals surface area contributed by atoms with E-state index in [9.17, 15) is 4.79 Å². The highest BCUT2D eigenvalue weighted by atomic mass is 35.5. The molecule has 0 aromatic heterocycles. The Morgan fingerprint density at radius 2 is 2.14 bits per heavy atom. The van der Waals surface area contributed by atoms with Gasteiger partial charge >= 0.3 is 0 Å². The van der Waals surface area contributed by atoms with E-state index in [4.69, 9.17) is 11.6 Å². The maximum atomic E-state index is 12.9. The summed E-state index contributed by atoms with van der Waals surface area (Å²) in [7, 11) is 0. The summed E-state index contributed by atoms with van der Waals surface area (Å²) in [5.74, 6) is 1.73. The summed E-state index contributed by atoms with van der Waals surface area (Å²) in [5.41, 5.74) is 0.946. The van der Waals surface area contributed by atoms with Crippen molar-refractivity contribution in [3.8, 4) is 0 Å². The van der Waals surface area contributed by atoms with E-state index in [2.05, 4.69) is 17.6 Å². The maximum absolute atomic E-state index is 12.9. The van der Waals surface area contributed by atoms with Gasteiger partial charge in [-0.15, -0.1) is 0 Å². The van der Waals surface area contributed by atoms with Crippen LogP contribution >= 0.6 is 11.6 Å². The van der Waals surface area contributed by atoms with Crippen molar-refractivity contribution in [1.82, 2.24) is 5.32 Å². The fraction of sp³-hybridized carbons (Fsp3) is 0.611. The molecule has 2 unspecified atom stereocenters. The highest BCUT2D eigenvalue weighted by Gasteiger charge is 2.39. The Morgan fingerprint density at radius 1 is 1.27 bits per heavy atom. The number of benzene rings is 1. The van der Waals surface area contributed by atoms with Gasteiger partial charge in [-0.3, -0.25) is 4.79 Å². The predicted molar refractivity (Wildman–Crippen MR) is 91.4 cm³/mol. The second-order valence-corrected chi connectivity index (χ2v) is 7.22. The van der Waals surface area contributed by atoms with E-state index in [1.54, 1.807) is 0 Å². The number of hydrogen-bond donors (Lipinski definition) is 2. The fourth-order valence-corrected chi connectivity index (χ4v) is 4.18. The minimum atomic E-state index is -0.0636. The van der Waals surface area contributed by atoms with E-state index in [1.165, 1.54) is 6.42 Å². The molecule has 1 aliphatic carbocycles. The zero-order valence-corrected chi connectivity index (χ0v) is 13.9. The second-order valence-electron chi connectivity index (χ2n) is 6.78. The van der Waals surface area contributed by atoms with Crippen molar-refractivity contribution in [2.24, 2.45) is 17.8 Å². The van der Waals surface area contributed by atoms with Crippen LogP contribution in [0.4, 0.5) is 5.69 Å². The summed E-state index contributed by atoms with van der Waals surface area (Å²) in [6.07, 6.45) is 4.28. The fourth-order valence-electron chi connectivity index (χ4n) is 3.99. The Labute approximate surface area is 137 Å². The molecule has 1 aromatic rings. The van der Waals surface area contributed by atoms with Crippen LogP contribution in [0.3, 0.4) is 0 Å². The molecule has 4 heteroatoms. The van der Waals surface area contributed by atoms with Crippen molar-refractivity contribution in [2.45, 2.75) is 38.6 Å². The first-order valence-corrected chi connectivity index (χ1v) is 8.79. The minimum Gasteiger partial charge on any atom is -0.375 e. The van der Waals surface area contributed by atoms with E-state index in [0.29, 0.717) is 22.6 Å². The maximum Gasteiger partial charge on any atom is 0.158 e. The van der Waals surface area contributed by atoms with E-state index in [1.807, 2.05) is 24.3 Å². The van der Waals surface area contributed by atoms with Gasteiger partial charge in [-0.1, -0.05) is 31.0 Å². The molecule has 120 valence electrons. The van der Waals surface area contributed by atoms with Gasteiger partial charge in [0.05, 0.1) is 6.04 Å². The third-order valence-electron chi connectivity index (χ3n) is 5.29. The first-order chi connectivity index (χ1) is 10.6. The lowest BCUT2D eigenvalue weighted by molar-refractivity contribution is -0.128. The highest BCUT2D eigenvalue weighted by Crippen LogP contribution is 2.35. The molecular weight excluding hydrogens is 296 g/mol. The molecule has 4 atom stereocenters. The molecule has 22 heavy (non-hydrogen) atoms. The van der Waals surface area contributed by atoms with Gasteiger partial charge in [-0.2, -0.15) is 0 Å². The van der Waals surface area contributed by atoms with Gasteiger partial charge in [-0.05, 0) is 62.4 Å². The molecule has 3 rings (SSSR count). The van der Waals surface area contributed by atoms with Crippen LogP contribution in [-0.2, 0) is 4.79 Å². The lowest BCUT2D eigenvalue weighted by Gasteiger charge is -2.39. The van der Waals surface area contributed by atoms with E-state index < -0.39 is 0 Å². The van der Waals surface area contributed by atoms with Crippen LogP contribution in [0.25, 0.3) is 0 Å². The molecule has 1 saturated carbocycles. The molecule has 2 N–H and O–H groups in total. The number of ketones is 1. The molecule has 0 radical (unpaired) electrons. The molecule has 1 heterocycles. The largest absolute Gasteiger partial charge is 0.375 e. The molecule has 3 nitrogen and oxygen atoms in total. The van der Waals surface area contributed by atoms with Gasteiger partial charge in [0.25, 0.3) is 0 Å². The summed E-state index contributed by atoms with van der Waals surface area (Å²) in [6.45, 7) is 4.37. The van der Waals surface area contributed by atoms with Crippen LogP contribution < -0.4 is 10.6 Å². The topological polar surface area (TPSA) is 41.1 Å². The summed E-state index contributed by atoms with van der Waals surface area (Å²) in [4.78, 5) is 12.9. The van der Waals surface area contributed by atoms with Gasteiger partial charge in [0.2, 0.25) is 0 Å². The van der Waals surface area contributed by atoms with Crippen LogP contribution in [0.15, 0.2) is 24.3 Å². The number of Topliss-reactive ketones (excluding diaryl/α,β-unsaturated/α-hetero) is 1. The van der Waals surface area contributed by atoms with Crippen molar-refractivity contribution in [1.29, 1.82) is 0 Å². The quantitative estimate of drug-likeness (QED) is 0.891. The number of nitrogens with one attached hydrogen (secondary N) is 2. The first-order valence-electron chi connectivity index (χ1n) is 8.41. The van der Waals surface area contributed by atoms with Crippen LogP contribution in [-0.4, -0.2) is 24.9 Å². The second kappa shape index (κ2) is 7.01. The average molecular weight is 321 g/mol. The Bertz CT molecular complexity index is 534. The van der Waals surface area contributed by atoms with Crippen molar-refractivity contribution in [3.63, 3.8) is 0 Å². The van der Waals surface area contributed by atoms with Gasteiger partial charge in [0, 0.05) is 16.6 Å². The zero-order chi connectivity index (χ0) is 15.5. The molecule has 0 amide bonds. The Hall–Kier alpha value is -1.06. The van der Waals surface area contributed by atoms with Crippen molar-refractivity contribution in [3.05, 3.63) is 29.3 Å². The number of hydrogen-bond acceptors (Lipinski definition) is 3. The molecule has 1 aliphatic heterocycles. The number of carbonyl (C=O) groups is 1. The zero-order valence-electron chi connectivity index (χ0n) is 13.1. The predicted octanol–water partition coefficient (Wildman–Crippen LogP) is 3.74. The van der Waals surface area contributed by atoms with E-state index in [0.717, 1.165) is 38.0 Å². The van der Waals surface area contributed by atoms with Gasteiger partial charge in [0.1, 0.15) is 0 Å². The lowest BCUT2D eigenvalue weighted by Crippen LogP contribution is -2.47. The van der Waals surface area contributed by atoms with Gasteiger partial charge in [-0.25, -0.2) is 0 Å². The standard InChI is InChI=1S/C18H25ClN2O/c1-12-8-9-20-11-16(12)15-6-3-7-17(18(15)22)21-14-5-2-4-13(19)10-14/h2,4-5,10,12,15-17,20-21H,3,6-9,11H2,1H3/t12-,15?,16-,17?/m0/s1. The number of rotatable bonds is 3. The molecule has 1 aromatic carbocycles. The van der Waals surface area contributed by atoms with E-state index in [-0.39, 0.29) is 12.0 Å². The monoisotopic (exact) mass is 320 g/mol. The van der Waals surface area contributed by atoms with Crippen molar-refractivity contribution >= 4 is 23.1 Å². The summed E-state index contributed by atoms with van der Waals surface area (Å²) in [6, 6.07) is 7.58. The smallest absolute Gasteiger partial charge is 0.158 e. The highest BCUT2D eigenvalue weighted by molar-refractivity contribution is 6.30. The Balaban J connectivity index is 1.69. The molecule has 2 fully saturated rings. The van der Waals surface area contributed by atoms with Crippen molar-refractivity contribution < 1.29 is 4.79 Å². The molecular formula is C18H25ClN2O. The normalized spacial score (nSPS) is 32.7. The number of anilines is 1. The van der Waals surface area contributed by atoms with Crippen LogP contribution in [0.2, 0.25) is 5.02 Å². The summed E-state index contributed by atoms with van der Waals surface area (Å²) >= 11 is 6.04. The molecule has 1 saturated heterocycles. The number of carbonyl (C=O) groups excluding carboxylic acids is 1. The van der Waals surface area contributed by atoms with Crippen molar-refractivity contribution in [2.75, 3.05) is 18.4 Å². The Morgan fingerprint density at radius 3 is 2.91 bits per heavy atom. The SMILES string of the molecule is C[C@H]1CCNC[C@@H]1C1CCCC(Nc2cccc(Cl)c2)C1=O. The Kier molecular flexibility index (Phi) is 5.04. The number of piperidine rings is 1. The van der Waals surface area contributed by atoms with Crippen LogP contribution in [0.5, 0.6) is 0 Å². The third-order valence-corrected chi connectivity index (χ3v) is 5.52. The van der Waals surface area contributed by atoms with Gasteiger partial charge < -0.3 is 10.6 Å². The molecule has 0 spiro atoms. The average Bonchev–Trinajstić information content (AvgIpc) is 2.50. The van der Waals surface area contributed by atoms with Crippen LogP contribution in [0, 0.1) is 17.8 Å². The van der Waals surface area contributed by atoms with E-state index >= 15 is 0 Å². The van der Waals surface area contributed by atoms with Gasteiger partial charge in [0.15, 0.2) is 5.78 Å². The van der Waals surface area contributed by atoms with Crippen LogP contribution in [0.1, 0.15) is 32.6 Å². The summed E-state index contributed by atoms with van der Waals surface area (Å²) < 4.78 is 0.